The van der Waals surface area contributed by atoms with Gasteiger partial charge in [-0.3, -0.25) is 0 Å². The number of hydrogen-bond acceptors (Lipinski definition) is 2. The van der Waals surface area contributed by atoms with Crippen molar-refractivity contribution in [3.05, 3.63) is 29.3 Å². The predicted octanol–water partition coefficient (Wildman–Crippen LogP) is 2.17. The van der Waals surface area contributed by atoms with Gasteiger partial charge in [-0.1, -0.05) is 12.1 Å². The van der Waals surface area contributed by atoms with Gasteiger partial charge in [-0.05, 0) is 55.3 Å². The Morgan fingerprint density at radius 2 is 2.20 bits per heavy atom. The zero-order valence-corrected chi connectivity index (χ0v) is 8.87. The molecule has 1 aromatic rings. The van der Waals surface area contributed by atoms with E-state index < -0.39 is 0 Å². The first-order chi connectivity index (χ1) is 7.36. The number of aromatic hydroxyl groups is 1. The molecule has 2 nitrogen and oxygen atoms in total. The molecule has 80 valence electrons. The number of benzene rings is 1. The minimum absolute atomic E-state index is 0.497. The van der Waals surface area contributed by atoms with Crippen molar-refractivity contribution in [3.8, 4) is 5.75 Å². The van der Waals surface area contributed by atoms with Crippen LogP contribution in [0.25, 0.3) is 0 Å². The molecule has 1 fully saturated rings. The fraction of sp³-hybridized carbons (Fsp3) is 0.538. The van der Waals surface area contributed by atoms with Crippen LogP contribution in [-0.4, -0.2) is 17.7 Å². The van der Waals surface area contributed by atoms with Gasteiger partial charge < -0.3 is 10.4 Å². The predicted molar refractivity (Wildman–Crippen MR) is 60.2 cm³/mol. The summed E-state index contributed by atoms with van der Waals surface area (Å²) in [4.78, 5) is 0. The molecule has 2 aliphatic rings. The molecule has 1 aromatic carbocycles. The summed E-state index contributed by atoms with van der Waals surface area (Å²) in [5, 5.41) is 13.4. The van der Waals surface area contributed by atoms with E-state index in [1.165, 1.54) is 30.4 Å². The van der Waals surface area contributed by atoms with Gasteiger partial charge in [0.25, 0.3) is 0 Å². The van der Waals surface area contributed by atoms with Crippen LogP contribution in [0.5, 0.6) is 5.75 Å². The summed E-state index contributed by atoms with van der Waals surface area (Å²) in [5.41, 5.74) is 2.58. The summed E-state index contributed by atoms with van der Waals surface area (Å²) >= 11 is 0. The first-order valence-corrected chi connectivity index (χ1v) is 5.90. The zero-order valence-electron chi connectivity index (χ0n) is 8.87. The van der Waals surface area contributed by atoms with Crippen molar-refractivity contribution in [3.63, 3.8) is 0 Å². The van der Waals surface area contributed by atoms with Crippen LogP contribution in [0.2, 0.25) is 0 Å². The number of phenols is 1. The van der Waals surface area contributed by atoms with Gasteiger partial charge in [0.1, 0.15) is 5.75 Å². The Bertz CT molecular complexity index is 375. The molecule has 0 saturated carbocycles. The van der Waals surface area contributed by atoms with Gasteiger partial charge in [0.15, 0.2) is 0 Å². The number of phenolic OH excluding ortho intramolecular Hbond substituents is 1. The molecule has 0 aromatic heterocycles. The van der Waals surface area contributed by atoms with Gasteiger partial charge in [0.2, 0.25) is 0 Å². The molecule has 15 heavy (non-hydrogen) atoms. The maximum Gasteiger partial charge on any atom is 0.119 e. The minimum Gasteiger partial charge on any atom is -0.508 e. The van der Waals surface area contributed by atoms with Crippen LogP contribution in [0.3, 0.4) is 0 Å². The van der Waals surface area contributed by atoms with E-state index in [0.717, 1.165) is 13.0 Å². The second-order valence-corrected chi connectivity index (χ2v) is 4.69. The molecule has 0 spiro atoms. The van der Waals surface area contributed by atoms with Crippen LogP contribution < -0.4 is 5.32 Å². The molecular formula is C13H17NO. The Labute approximate surface area is 90.3 Å². The average molecular weight is 203 g/mol. The Balaban J connectivity index is 2.03. The van der Waals surface area contributed by atoms with Gasteiger partial charge in [0, 0.05) is 6.04 Å². The first-order valence-electron chi connectivity index (χ1n) is 5.90. The molecule has 0 amide bonds. The van der Waals surface area contributed by atoms with Gasteiger partial charge >= 0.3 is 0 Å². The average Bonchev–Trinajstić information content (AvgIpc) is 2.29. The Morgan fingerprint density at radius 3 is 3.13 bits per heavy atom. The summed E-state index contributed by atoms with van der Waals surface area (Å²) in [5.74, 6) is 1.13. The van der Waals surface area contributed by atoms with Crippen molar-refractivity contribution >= 4 is 0 Å². The van der Waals surface area contributed by atoms with Gasteiger partial charge in [-0.2, -0.15) is 0 Å². The molecule has 2 atom stereocenters. The quantitative estimate of drug-likeness (QED) is 0.677. The van der Waals surface area contributed by atoms with Crippen LogP contribution in [0.4, 0.5) is 0 Å². The topological polar surface area (TPSA) is 32.3 Å². The summed E-state index contributed by atoms with van der Waals surface area (Å²) < 4.78 is 0. The van der Waals surface area contributed by atoms with Crippen LogP contribution >= 0.6 is 0 Å². The number of fused-ring (bicyclic) bond motifs is 3. The summed E-state index contributed by atoms with van der Waals surface area (Å²) in [6.07, 6.45) is 4.73. The Kier molecular flexibility index (Phi) is 2.17. The lowest BCUT2D eigenvalue weighted by atomic mass is 9.75. The number of rotatable bonds is 0. The van der Waals surface area contributed by atoms with E-state index in [-0.39, 0.29) is 0 Å². The van der Waals surface area contributed by atoms with E-state index in [9.17, 15) is 5.11 Å². The number of piperidine rings is 1. The maximum absolute atomic E-state index is 9.83. The summed E-state index contributed by atoms with van der Waals surface area (Å²) in [6, 6.07) is 6.63. The van der Waals surface area contributed by atoms with E-state index >= 15 is 0 Å². The zero-order chi connectivity index (χ0) is 10.3. The van der Waals surface area contributed by atoms with E-state index in [1.807, 2.05) is 12.1 Å². The fourth-order valence-electron chi connectivity index (χ4n) is 3.14. The van der Waals surface area contributed by atoms with E-state index in [4.69, 9.17) is 0 Å². The van der Waals surface area contributed by atoms with Crippen molar-refractivity contribution < 1.29 is 5.11 Å². The molecule has 3 rings (SSSR count). The third-order valence-electron chi connectivity index (χ3n) is 3.88. The van der Waals surface area contributed by atoms with Crippen molar-refractivity contribution in [1.29, 1.82) is 0 Å². The maximum atomic E-state index is 9.83. The minimum atomic E-state index is 0.497. The molecule has 0 bridgehead atoms. The number of nitrogens with one attached hydrogen (secondary N) is 1. The van der Waals surface area contributed by atoms with Crippen LogP contribution in [-0.2, 0) is 6.42 Å². The second kappa shape index (κ2) is 3.53. The molecule has 1 aliphatic heterocycles. The Morgan fingerprint density at radius 1 is 1.27 bits per heavy atom. The molecule has 0 radical (unpaired) electrons. The van der Waals surface area contributed by atoms with Crippen LogP contribution in [0, 0.1) is 0 Å². The lowest BCUT2D eigenvalue weighted by Crippen LogP contribution is -2.42. The van der Waals surface area contributed by atoms with Gasteiger partial charge in [-0.15, -0.1) is 0 Å². The van der Waals surface area contributed by atoms with E-state index in [0.29, 0.717) is 17.7 Å². The summed E-state index contributed by atoms with van der Waals surface area (Å²) in [7, 11) is 0. The molecule has 2 heteroatoms. The third-order valence-corrected chi connectivity index (χ3v) is 3.88. The lowest BCUT2D eigenvalue weighted by Gasteiger charge is -2.38. The van der Waals surface area contributed by atoms with Crippen LogP contribution in [0.1, 0.15) is 36.3 Å². The van der Waals surface area contributed by atoms with Crippen molar-refractivity contribution in [1.82, 2.24) is 5.32 Å². The standard InChI is InChI=1S/C13H17NO/c15-13-5-1-3-9-10-4-2-8-14-12(10)7-6-11(9)13/h1,3,5,10,12,14-15H,2,4,6-8H2/t10-,12?/m0/s1. The summed E-state index contributed by atoms with van der Waals surface area (Å²) in [6.45, 7) is 1.16. The molecule has 1 aliphatic carbocycles. The fourth-order valence-corrected chi connectivity index (χ4v) is 3.14. The highest BCUT2D eigenvalue weighted by molar-refractivity contribution is 5.44. The van der Waals surface area contributed by atoms with E-state index in [2.05, 4.69) is 11.4 Å². The second-order valence-electron chi connectivity index (χ2n) is 4.69. The normalized spacial score (nSPS) is 29.3. The highest BCUT2D eigenvalue weighted by atomic mass is 16.3. The molecule has 1 unspecified atom stereocenters. The van der Waals surface area contributed by atoms with Crippen molar-refractivity contribution in [2.45, 2.75) is 37.6 Å². The van der Waals surface area contributed by atoms with Crippen LogP contribution in [0.15, 0.2) is 18.2 Å². The smallest absolute Gasteiger partial charge is 0.119 e. The largest absolute Gasteiger partial charge is 0.508 e. The van der Waals surface area contributed by atoms with Crippen molar-refractivity contribution in [2.75, 3.05) is 6.54 Å². The molecule has 1 heterocycles. The highest BCUT2D eigenvalue weighted by Crippen LogP contribution is 2.39. The highest BCUT2D eigenvalue weighted by Gasteiger charge is 2.32. The molecule has 2 N–H and O–H groups in total. The molecule has 1 saturated heterocycles. The molecular weight excluding hydrogens is 186 g/mol. The Hall–Kier alpha value is -1.02. The lowest BCUT2D eigenvalue weighted by molar-refractivity contribution is 0.315. The first kappa shape index (κ1) is 9.22. The number of hydrogen-bond donors (Lipinski definition) is 2. The monoisotopic (exact) mass is 203 g/mol. The van der Waals surface area contributed by atoms with E-state index in [1.54, 1.807) is 0 Å². The van der Waals surface area contributed by atoms with Crippen molar-refractivity contribution in [2.24, 2.45) is 0 Å². The SMILES string of the molecule is Oc1cccc2c1CCC1NCCC[C@@H]21. The van der Waals surface area contributed by atoms with Gasteiger partial charge in [0.05, 0.1) is 0 Å². The van der Waals surface area contributed by atoms with Gasteiger partial charge in [-0.25, -0.2) is 0 Å². The third kappa shape index (κ3) is 1.44.